The van der Waals surface area contributed by atoms with Crippen molar-refractivity contribution in [2.24, 2.45) is 0 Å². The van der Waals surface area contributed by atoms with Gasteiger partial charge in [-0.15, -0.1) is 22.7 Å². The molecule has 1 aliphatic rings. The van der Waals surface area contributed by atoms with Gasteiger partial charge in [-0.2, -0.15) is 0 Å². The third-order valence-corrected chi connectivity index (χ3v) is 8.20. The highest BCUT2D eigenvalue weighted by Crippen LogP contribution is 2.35. The highest BCUT2D eigenvalue weighted by molar-refractivity contribution is 7.99. The van der Waals surface area contributed by atoms with Gasteiger partial charge in [-0.1, -0.05) is 37.6 Å². The second-order valence-electron chi connectivity index (χ2n) is 7.36. The summed E-state index contributed by atoms with van der Waals surface area (Å²) >= 11 is 4.14. The molecule has 0 aliphatic heterocycles. The number of unbranched alkanes of at least 4 members (excludes halogenated alkanes) is 2. The van der Waals surface area contributed by atoms with Crippen LogP contribution in [0.2, 0.25) is 0 Å². The van der Waals surface area contributed by atoms with Gasteiger partial charge in [0.15, 0.2) is 5.16 Å². The zero-order valence-electron chi connectivity index (χ0n) is 17.2. The fourth-order valence-corrected chi connectivity index (χ4v) is 6.39. The minimum Gasteiger partial charge on any atom is -0.287 e. The van der Waals surface area contributed by atoms with E-state index in [2.05, 4.69) is 17.8 Å². The number of amides is 2. The van der Waals surface area contributed by atoms with Crippen molar-refractivity contribution in [1.29, 1.82) is 0 Å². The number of rotatable bonds is 8. The molecule has 10 heteroatoms. The number of nitrogens with zero attached hydrogens (tertiary/aromatic N) is 2. The number of fused-ring (bicyclic) bond motifs is 3. The number of aromatic nitrogens is 2. The molecule has 2 amide bonds. The minimum atomic E-state index is -0.350. The molecule has 0 aromatic carbocycles. The molecular formula is C21H24N4O3S3. The number of hydrogen-bond donors (Lipinski definition) is 2. The zero-order chi connectivity index (χ0) is 21.8. The monoisotopic (exact) mass is 476 g/mol. The molecule has 3 aromatic rings. The molecule has 7 nitrogen and oxygen atoms in total. The van der Waals surface area contributed by atoms with E-state index in [9.17, 15) is 14.4 Å². The third kappa shape index (κ3) is 4.86. The Kier molecular flexibility index (Phi) is 7.09. The molecule has 0 atom stereocenters. The SMILES string of the molecule is CCCCCn1c(SCC(=O)NNC(=O)c2cccs2)nc2sc3c(c2c1=O)CCC3. The first-order chi connectivity index (χ1) is 15.1. The first-order valence-corrected chi connectivity index (χ1v) is 13.1. The van der Waals surface area contributed by atoms with Gasteiger partial charge in [0.1, 0.15) is 4.83 Å². The smallest absolute Gasteiger partial charge is 0.279 e. The lowest BCUT2D eigenvalue weighted by Crippen LogP contribution is -2.42. The average molecular weight is 477 g/mol. The van der Waals surface area contributed by atoms with Crippen molar-refractivity contribution in [1.82, 2.24) is 20.4 Å². The fraction of sp³-hybridized carbons (Fsp3) is 0.429. The normalized spacial score (nSPS) is 12.8. The maximum Gasteiger partial charge on any atom is 0.279 e. The Hall–Kier alpha value is -2.17. The van der Waals surface area contributed by atoms with Crippen molar-refractivity contribution < 1.29 is 9.59 Å². The first-order valence-electron chi connectivity index (χ1n) is 10.4. The molecular weight excluding hydrogens is 452 g/mol. The molecule has 1 aliphatic carbocycles. The second-order valence-corrected chi connectivity index (χ2v) is 10.3. The summed E-state index contributed by atoms with van der Waals surface area (Å²) in [5.41, 5.74) is 6.03. The summed E-state index contributed by atoms with van der Waals surface area (Å²) in [6.45, 7) is 2.72. The standard InChI is InChI=1S/C21H24N4O3S3/c1-2-3-4-10-25-20(28)17-13-7-5-8-14(13)31-19(17)22-21(25)30-12-16(26)23-24-18(27)15-9-6-11-29-15/h6,9,11H,2-5,7-8,10,12H2,1H3,(H,23,26)(H,24,27). The van der Waals surface area contributed by atoms with Gasteiger partial charge in [-0.05, 0) is 42.7 Å². The second kappa shape index (κ2) is 9.97. The fourth-order valence-electron chi connectivity index (χ4n) is 3.65. The number of thioether (sulfide) groups is 1. The number of carbonyl (C=O) groups is 2. The maximum absolute atomic E-state index is 13.3. The Morgan fingerprint density at radius 1 is 1.26 bits per heavy atom. The summed E-state index contributed by atoms with van der Waals surface area (Å²) in [6, 6.07) is 3.46. The van der Waals surface area contributed by atoms with E-state index in [-0.39, 0.29) is 23.1 Å². The molecule has 0 spiro atoms. The Bertz CT molecular complexity index is 1150. The number of carbonyl (C=O) groups excluding carboxylic acids is 2. The van der Waals surface area contributed by atoms with Gasteiger partial charge in [0, 0.05) is 11.4 Å². The number of hydrogen-bond acceptors (Lipinski definition) is 7. The van der Waals surface area contributed by atoms with Crippen LogP contribution >= 0.6 is 34.4 Å². The van der Waals surface area contributed by atoms with Gasteiger partial charge in [0.05, 0.1) is 16.0 Å². The van der Waals surface area contributed by atoms with Crippen LogP contribution in [0.5, 0.6) is 0 Å². The first kappa shape index (κ1) is 22.0. The van der Waals surface area contributed by atoms with Gasteiger partial charge >= 0.3 is 0 Å². The van der Waals surface area contributed by atoms with E-state index in [0.29, 0.717) is 16.6 Å². The van der Waals surface area contributed by atoms with Gasteiger partial charge < -0.3 is 0 Å². The lowest BCUT2D eigenvalue weighted by molar-refractivity contribution is -0.119. The molecule has 0 fully saturated rings. The van der Waals surface area contributed by atoms with Crippen molar-refractivity contribution in [3.8, 4) is 0 Å². The largest absolute Gasteiger partial charge is 0.287 e. The van der Waals surface area contributed by atoms with E-state index in [1.807, 2.05) is 0 Å². The zero-order valence-corrected chi connectivity index (χ0v) is 19.7. The summed E-state index contributed by atoms with van der Waals surface area (Å²) in [6.07, 6.45) is 6.05. The van der Waals surface area contributed by atoms with E-state index >= 15 is 0 Å². The van der Waals surface area contributed by atoms with Crippen LogP contribution in [-0.4, -0.2) is 27.1 Å². The van der Waals surface area contributed by atoms with Crippen LogP contribution in [0.1, 0.15) is 52.7 Å². The number of nitrogens with one attached hydrogen (secondary N) is 2. The van der Waals surface area contributed by atoms with Crippen LogP contribution in [0.15, 0.2) is 27.5 Å². The predicted molar refractivity (Wildman–Crippen MR) is 126 cm³/mol. The lowest BCUT2D eigenvalue weighted by Gasteiger charge is -2.12. The highest BCUT2D eigenvalue weighted by atomic mass is 32.2. The summed E-state index contributed by atoms with van der Waals surface area (Å²) < 4.78 is 1.73. The molecule has 164 valence electrons. The summed E-state index contributed by atoms with van der Waals surface area (Å²) in [7, 11) is 0. The van der Waals surface area contributed by atoms with Crippen LogP contribution in [-0.2, 0) is 24.2 Å². The quantitative estimate of drug-likeness (QED) is 0.224. The number of aryl methyl sites for hydroxylation is 2. The molecule has 4 rings (SSSR count). The van der Waals surface area contributed by atoms with Crippen LogP contribution in [0.4, 0.5) is 0 Å². The number of hydrazine groups is 1. The lowest BCUT2D eigenvalue weighted by atomic mass is 10.2. The number of thiophene rings is 2. The highest BCUT2D eigenvalue weighted by Gasteiger charge is 2.23. The molecule has 0 saturated heterocycles. The van der Waals surface area contributed by atoms with E-state index in [0.717, 1.165) is 48.7 Å². The molecule has 3 heterocycles. The molecule has 0 unspecified atom stereocenters. The van der Waals surface area contributed by atoms with E-state index in [1.54, 1.807) is 33.4 Å². The van der Waals surface area contributed by atoms with Crippen molar-refractivity contribution in [3.05, 3.63) is 43.2 Å². The Balaban J connectivity index is 1.49. The van der Waals surface area contributed by atoms with Crippen molar-refractivity contribution >= 4 is 56.5 Å². The minimum absolute atomic E-state index is 0.00871. The Morgan fingerprint density at radius 2 is 2.13 bits per heavy atom. The van der Waals surface area contributed by atoms with Gasteiger partial charge in [-0.3, -0.25) is 29.8 Å². The van der Waals surface area contributed by atoms with Gasteiger partial charge in [-0.25, -0.2) is 4.98 Å². The molecule has 2 N–H and O–H groups in total. The van der Waals surface area contributed by atoms with Crippen molar-refractivity contribution in [3.63, 3.8) is 0 Å². The van der Waals surface area contributed by atoms with Crippen molar-refractivity contribution in [2.45, 2.75) is 57.1 Å². The van der Waals surface area contributed by atoms with E-state index < -0.39 is 0 Å². The van der Waals surface area contributed by atoms with Crippen LogP contribution in [0.25, 0.3) is 10.2 Å². The van der Waals surface area contributed by atoms with Crippen molar-refractivity contribution in [2.75, 3.05) is 5.75 Å². The van der Waals surface area contributed by atoms with Crippen LogP contribution < -0.4 is 16.4 Å². The summed E-state index contributed by atoms with van der Waals surface area (Å²) in [5, 5.41) is 3.13. The van der Waals surface area contributed by atoms with Crippen LogP contribution in [0.3, 0.4) is 0 Å². The van der Waals surface area contributed by atoms with Gasteiger partial charge in [0.25, 0.3) is 11.5 Å². The molecule has 31 heavy (non-hydrogen) atoms. The maximum atomic E-state index is 13.3. The molecule has 0 radical (unpaired) electrons. The van der Waals surface area contributed by atoms with Crippen LogP contribution in [0, 0.1) is 0 Å². The third-order valence-electron chi connectivity index (χ3n) is 5.17. The van der Waals surface area contributed by atoms with E-state index in [4.69, 9.17) is 4.98 Å². The Labute approximate surface area is 192 Å². The van der Waals surface area contributed by atoms with Gasteiger partial charge in [0.2, 0.25) is 5.91 Å². The van der Waals surface area contributed by atoms with E-state index in [1.165, 1.54) is 33.5 Å². The topological polar surface area (TPSA) is 93.1 Å². The predicted octanol–water partition coefficient (Wildman–Crippen LogP) is 3.75. The molecule has 0 bridgehead atoms. The Morgan fingerprint density at radius 3 is 2.90 bits per heavy atom. The molecule has 3 aromatic heterocycles. The molecule has 0 saturated carbocycles. The summed E-state index contributed by atoms with van der Waals surface area (Å²) in [4.78, 5) is 44.9. The average Bonchev–Trinajstić information content (AvgIpc) is 3.49. The summed E-state index contributed by atoms with van der Waals surface area (Å²) in [5.74, 6) is -0.642.